The Hall–Kier alpha value is -1.47. The van der Waals surface area contributed by atoms with Crippen LogP contribution < -0.4 is 5.32 Å². The number of thiazole rings is 1. The highest BCUT2D eigenvalue weighted by Crippen LogP contribution is 2.03. The van der Waals surface area contributed by atoms with E-state index in [1.165, 1.54) is 17.5 Å². The van der Waals surface area contributed by atoms with Crippen molar-refractivity contribution >= 4 is 23.2 Å². The number of aliphatic carboxylic acids is 1. The van der Waals surface area contributed by atoms with Crippen molar-refractivity contribution in [3.63, 3.8) is 0 Å². The van der Waals surface area contributed by atoms with Gasteiger partial charge < -0.3 is 15.2 Å². The molecule has 0 atom stereocenters. The molecule has 15 heavy (non-hydrogen) atoms. The fraction of sp³-hybridized carbons (Fsp3) is 0.375. The highest BCUT2D eigenvalue weighted by Gasteiger charge is 2.05. The molecule has 0 unspecified atom stereocenters. The van der Waals surface area contributed by atoms with Gasteiger partial charge in [-0.1, -0.05) is 0 Å². The number of ether oxygens (including phenoxy) is 1. The summed E-state index contributed by atoms with van der Waals surface area (Å²) in [5, 5.41) is 10.8. The zero-order chi connectivity index (χ0) is 11.1. The average Bonchev–Trinajstić information content (AvgIpc) is 2.69. The molecule has 2 N–H and O–H groups in total. The van der Waals surface area contributed by atoms with Crippen LogP contribution in [-0.2, 0) is 9.53 Å². The Balaban J connectivity index is 2.10. The Bertz CT molecular complexity index is 325. The monoisotopic (exact) mass is 230 g/mol. The number of hydrogen-bond donors (Lipinski definition) is 2. The number of carbonyl (C=O) groups excluding carboxylic acids is 1. The molecule has 1 aromatic rings. The molecule has 0 aromatic carbocycles. The summed E-state index contributed by atoms with van der Waals surface area (Å²) in [5.41, 5.74) is 1.57. The molecule has 0 fully saturated rings. The minimum Gasteiger partial charge on any atom is -0.480 e. The summed E-state index contributed by atoms with van der Waals surface area (Å²) in [6, 6.07) is 0. The van der Waals surface area contributed by atoms with E-state index in [-0.39, 0.29) is 25.7 Å². The fourth-order valence-electron chi connectivity index (χ4n) is 0.811. The Morgan fingerprint density at radius 1 is 1.60 bits per heavy atom. The second kappa shape index (κ2) is 6.10. The Morgan fingerprint density at radius 3 is 3.00 bits per heavy atom. The molecule has 0 radical (unpaired) electrons. The molecule has 0 saturated heterocycles. The molecule has 0 aliphatic heterocycles. The Labute approximate surface area is 89.9 Å². The topological polar surface area (TPSA) is 88.5 Å². The van der Waals surface area contributed by atoms with E-state index < -0.39 is 5.97 Å². The summed E-state index contributed by atoms with van der Waals surface area (Å²) < 4.78 is 4.74. The van der Waals surface area contributed by atoms with Gasteiger partial charge in [-0.05, 0) is 0 Å². The lowest BCUT2D eigenvalue weighted by Crippen LogP contribution is -2.27. The molecule has 7 heteroatoms. The lowest BCUT2D eigenvalue weighted by atomic mass is 10.5. The van der Waals surface area contributed by atoms with Gasteiger partial charge in [0, 0.05) is 6.54 Å². The van der Waals surface area contributed by atoms with Crippen LogP contribution in [0.1, 0.15) is 9.67 Å². The summed E-state index contributed by atoms with van der Waals surface area (Å²) in [5.74, 6) is -1.25. The van der Waals surface area contributed by atoms with E-state index >= 15 is 0 Å². The van der Waals surface area contributed by atoms with Crippen LogP contribution in [0, 0.1) is 0 Å². The van der Waals surface area contributed by atoms with Crippen LogP contribution in [-0.4, -0.2) is 41.7 Å². The third-order valence-electron chi connectivity index (χ3n) is 1.41. The molecule has 0 saturated carbocycles. The van der Waals surface area contributed by atoms with Gasteiger partial charge in [-0.2, -0.15) is 0 Å². The van der Waals surface area contributed by atoms with E-state index in [1.807, 2.05) is 0 Å². The highest BCUT2D eigenvalue weighted by atomic mass is 32.1. The van der Waals surface area contributed by atoms with E-state index in [1.54, 1.807) is 5.51 Å². The molecule has 1 heterocycles. The van der Waals surface area contributed by atoms with E-state index in [2.05, 4.69) is 10.3 Å². The standard InChI is InChI=1S/C8H10N2O4S/c11-7(12)4-14-2-1-10-8(13)6-3-9-5-15-6/h3,5H,1-2,4H2,(H,10,13)(H,11,12). The first kappa shape index (κ1) is 11.6. The zero-order valence-electron chi connectivity index (χ0n) is 7.80. The van der Waals surface area contributed by atoms with Gasteiger partial charge in [0.1, 0.15) is 11.5 Å². The number of nitrogens with zero attached hydrogens (tertiary/aromatic N) is 1. The molecule has 0 bridgehead atoms. The number of nitrogens with one attached hydrogen (secondary N) is 1. The first-order valence-corrected chi connectivity index (χ1v) is 5.04. The van der Waals surface area contributed by atoms with Crippen LogP contribution in [0.4, 0.5) is 0 Å². The van der Waals surface area contributed by atoms with Crippen LogP contribution >= 0.6 is 11.3 Å². The Morgan fingerprint density at radius 2 is 2.40 bits per heavy atom. The van der Waals surface area contributed by atoms with Crippen molar-refractivity contribution in [1.82, 2.24) is 10.3 Å². The molecular formula is C8H10N2O4S. The highest BCUT2D eigenvalue weighted by molar-refractivity contribution is 7.11. The summed E-state index contributed by atoms with van der Waals surface area (Å²) in [6.07, 6.45) is 1.47. The summed E-state index contributed by atoms with van der Waals surface area (Å²) in [4.78, 5) is 25.6. The summed E-state index contributed by atoms with van der Waals surface area (Å²) in [6.45, 7) is 0.108. The van der Waals surface area contributed by atoms with Crippen molar-refractivity contribution in [2.45, 2.75) is 0 Å². The van der Waals surface area contributed by atoms with Crippen molar-refractivity contribution in [3.8, 4) is 0 Å². The minimum atomic E-state index is -1.02. The molecular weight excluding hydrogens is 220 g/mol. The number of aromatic nitrogens is 1. The van der Waals surface area contributed by atoms with E-state index in [0.717, 1.165) is 0 Å². The fourth-order valence-corrected chi connectivity index (χ4v) is 1.35. The predicted molar refractivity (Wildman–Crippen MR) is 52.9 cm³/mol. The molecule has 1 aromatic heterocycles. The van der Waals surface area contributed by atoms with Gasteiger partial charge in [0.15, 0.2) is 0 Å². The quantitative estimate of drug-likeness (QED) is 0.670. The van der Waals surface area contributed by atoms with E-state index in [0.29, 0.717) is 4.88 Å². The number of rotatable bonds is 6. The molecule has 0 spiro atoms. The van der Waals surface area contributed by atoms with Gasteiger partial charge in [-0.15, -0.1) is 11.3 Å². The lowest BCUT2D eigenvalue weighted by molar-refractivity contribution is -0.142. The Kier molecular flexibility index (Phi) is 4.72. The maximum Gasteiger partial charge on any atom is 0.329 e. The predicted octanol–water partition coefficient (Wildman–Crippen LogP) is -0.0259. The van der Waals surface area contributed by atoms with Gasteiger partial charge >= 0.3 is 5.97 Å². The van der Waals surface area contributed by atoms with Gasteiger partial charge in [0.05, 0.1) is 18.3 Å². The second-order valence-corrected chi connectivity index (χ2v) is 3.45. The maximum atomic E-state index is 11.3. The van der Waals surface area contributed by atoms with E-state index in [9.17, 15) is 9.59 Å². The van der Waals surface area contributed by atoms with Crippen molar-refractivity contribution in [2.24, 2.45) is 0 Å². The van der Waals surface area contributed by atoms with Gasteiger partial charge in [-0.25, -0.2) is 4.79 Å². The second-order valence-electron chi connectivity index (χ2n) is 2.57. The van der Waals surface area contributed by atoms with Crippen LogP contribution in [0.5, 0.6) is 0 Å². The number of hydrogen-bond acceptors (Lipinski definition) is 5. The third kappa shape index (κ3) is 4.52. The van der Waals surface area contributed by atoms with Gasteiger partial charge in [0.25, 0.3) is 5.91 Å². The third-order valence-corrected chi connectivity index (χ3v) is 2.19. The van der Waals surface area contributed by atoms with Gasteiger partial charge in [0.2, 0.25) is 0 Å². The van der Waals surface area contributed by atoms with E-state index in [4.69, 9.17) is 9.84 Å². The normalized spacial score (nSPS) is 9.87. The van der Waals surface area contributed by atoms with Crippen LogP contribution in [0.15, 0.2) is 11.7 Å². The van der Waals surface area contributed by atoms with Crippen LogP contribution in [0.3, 0.4) is 0 Å². The number of carbonyl (C=O) groups is 2. The smallest absolute Gasteiger partial charge is 0.329 e. The molecule has 1 amide bonds. The molecule has 82 valence electrons. The van der Waals surface area contributed by atoms with Crippen molar-refractivity contribution < 1.29 is 19.4 Å². The van der Waals surface area contributed by atoms with Crippen LogP contribution in [0.2, 0.25) is 0 Å². The average molecular weight is 230 g/mol. The summed E-state index contributed by atoms with van der Waals surface area (Å²) >= 11 is 1.24. The number of amides is 1. The first-order valence-electron chi connectivity index (χ1n) is 4.16. The van der Waals surface area contributed by atoms with Gasteiger partial charge in [-0.3, -0.25) is 9.78 Å². The molecule has 0 aliphatic rings. The first-order chi connectivity index (χ1) is 7.20. The SMILES string of the molecule is O=C(O)COCCNC(=O)c1cncs1. The van der Waals surface area contributed by atoms with Crippen LogP contribution in [0.25, 0.3) is 0 Å². The van der Waals surface area contributed by atoms with Crippen molar-refractivity contribution in [3.05, 3.63) is 16.6 Å². The largest absolute Gasteiger partial charge is 0.480 e. The molecule has 6 nitrogen and oxygen atoms in total. The van der Waals surface area contributed by atoms with Crippen molar-refractivity contribution in [1.29, 1.82) is 0 Å². The number of carboxylic acids is 1. The minimum absolute atomic E-state index is 0.177. The maximum absolute atomic E-state index is 11.3. The molecule has 1 rings (SSSR count). The summed E-state index contributed by atoms with van der Waals surface area (Å²) in [7, 11) is 0. The van der Waals surface area contributed by atoms with Crippen molar-refractivity contribution in [2.75, 3.05) is 19.8 Å². The number of carboxylic acid groups (broad SMARTS) is 1. The molecule has 0 aliphatic carbocycles. The lowest BCUT2D eigenvalue weighted by Gasteiger charge is -2.02. The zero-order valence-corrected chi connectivity index (χ0v) is 8.62.